The molecule has 1 amide bonds. The van der Waals surface area contributed by atoms with Crippen LogP contribution in [-0.2, 0) is 12.6 Å². The van der Waals surface area contributed by atoms with Gasteiger partial charge in [0.05, 0.1) is 0 Å². The molecule has 1 heterocycles. The van der Waals surface area contributed by atoms with Gasteiger partial charge in [-0.05, 0) is 30.5 Å². The van der Waals surface area contributed by atoms with Crippen LogP contribution in [0.1, 0.15) is 28.2 Å². The molecule has 0 saturated heterocycles. The van der Waals surface area contributed by atoms with E-state index in [1.807, 2.05) is 30.3 Å². The standard InChI is InChI=1S/C19H16F3N3O2/c20-19(21,22)18-24-16(25-27-18)14-9-4-10-15(12-14)17(26)23-11-5-8-13-6-2-1-3-7-13/h1-4,6-7,9-10,12H,5,8,11H2,(H,23,26). The van der Waals surface area contributed by atoms with Gasteiger partial charge in [0.1, 0.15) is 0 Å². The van der Waals surface area contributed by atoms with Crippen molar-refractivity contribution in [2.24, 2.45) is 0 Å². The molecule has 0 bridgehead atoms. The van der Waals surface area contributed by atoms with Crippen LogP contribution in [0.25, 0.3) is 11.4 Å². The Balaban J connectivity index is 1.59. The molecule has 0 unspecified atom stereocenters. The van der Waals surface area contributed by atoms with Crippen molar-refractivity contribution in [1.82, 2.24) is 15.5 Å². The average molecular weight is 375 g/mol. The number of aromatic nitrogens is 2. The molecular weight excluding hydrogens is 359 g/mol. The summed E-state index contributed by atoms with van der Waals surface area (Å²) in [6.07, 6.45) is -3.10. The Morgan fingerprint density at radius 3 is 2.56 bits per heavy atom. The van der Waals surface area contributed by atoms with Gasteiger partial charge in [0.2, 0.25) is 5.82 Å². The smallest absolute Gasteiger partial charge is 0.352 e. The van der Waals surface area contributed by atoms with Crippen LogP contribution < -0.4 is 5.32 Å². The second-order valence-electron chi connectivity index (χ2n) is 5.85. The molecule has 8 heteroatoms. The molecule has 0 aliphatic carbocycles. The summed E-state index contributed by atoms with van der Waals surface area (Å²) in [5.74, 6) is -1.96. The Morgan fingerprint density at radius 2 is 1.85 bits per heavy atom. The van der Waals surface area contributed by atoms with Gasteiger partial charge in [-0.3, -0.25) is 4.79 Å². The van der Waals surface area contributed by atoms with E-state index in [0.717, 1.165) is 12.8 Å². The summed E-state index contributed by atoms with van der Waals surface area (Å²) in [5, 5.41) is 6.12. The lowest BCUT2D eigenvalue weighted by Crippen LogP contribution is -2.24. The van der Waals surface area contributed by atoms with Crippen LogP contribution in [-0.4, -0.2) is 22.6 Å². The van der Waals surface area contributed by atoms with E-state index in [0.29, 0.717) is 12.1 Å². The monoisotopic (exact) mass is 375 g/mol. The molecular formula is C19H16F3N3O2. The van der Waals surface area contributed by atoms with Crippen molar-refractivity contribution in [3.63, 3.8) is 0 Å². The van der Waals surface area contributed by atoms with Crippen molar-refractivity contribution >= 4 is 5.91 Å². The van der Waals surface area contributed by atoms with E-state index in [4.69, 9.17) is 0 Å². The molecule has 0 fully saturated rings. The second-order valence-corrected chi connectivity index (χ2v) is 5.85. The second kappa shape index (κ2) is 8.03. The Hall–Kier alpha value is -3.16. The quantitative estimate of drug-likeness (QED) is 0.658. The Morgan fingerprint density at radius 1 is 1.07 bits per heavy atom. The van der Waals surface area contributed by atoms with Gasteiger partial charge >= 0.3 is 12.1 Å². The highest BCUT2D eigenvalue weighted by Gasteiger charge is 2.38. The van der Waals surface area contributed by atoms with Crippen molar-refractivity contribution in [3.05, 3.63) is 71.6 Å². The van der Waals surface area contributed by atoms with E-state index in [2.05, 4.69) is 20.0 Å². The molecule has 5 nitrogen and oxygen atoms in total. The van der Waals surface area contributed by atoms with Crippen LogP contribution in [0, 0.1) is 0 Å². The van der Waals surface area contributed by atoms with E-state index in [9.17, 15) is 18.0 Å². The third-order valence-corrected chi connectivity index (χ3v) is 3.82. The van der Waals surface area contributed by atoms with E-state index >= 15 is 0 Å². The van der Waals surface area contributed by atoms with E-state index in [-0.39, 0.29) is 17.3 Å². The van der Waals surface area contributed by atoms with Gasteiger partial charge in [0.15, 0.2) is 0 Å². The number of nitrogens with one attached hydrogen (secondary N) is 1. The Kier molecular flexibility index (Phi) is 5.54. The van der Waals surface area contributed by atoms with Gasteiger partial charge < -0.3 is 9.84 Å². The van der Waals surface area contributed by atoms with Gasteiger partial charge in [0.25, 0.3) is 5.91 Å². The normalized spacial score (nSPS) is 11.4. The highest BCUT2D eigenvalue weighted by molar-refractivity contribution is 5.95. The molecule has 0 saturated carbocycles. The average Bonchev–Trinajstić information content (AvgIpc) is 3.17. The van der Waals surface area contributed by atoms with E-state index < -0.39 is 12.1 Å². The fourth-order valence-electron chi connectivity index (χ4n) is 2.50. The van der Waals surface area contributed by atoms with Crippen molar-refractivity contribution in [3.8, 4) is 11.4 Å². The Labute approximate surface area is 153 Å². The Bertz CT molecular complexity index is 908. The van der Waals surface area contributed by atoms with Crippen LogP contribution in [0.4, 0.5) is 13.2 Å². The first kappa shape index (κ1) is 18.6. The molecule has 3 rings (SSSR count). The molecule has 2 aromatic carbocycles. The van der Waals surface area contributed by atoms with E-state index in [1.54, 1.807) is 12.1 Å². The highest BCUT2D eigenvalue weighted by atomic mass is 19.4. The van der Waals surface area contributed by atoms with Gasteiger partial charge in [-0.15, -0.1) is 0 Å². The number of aryl methyl sites for hydroxylation is 1. The van der Waals surface area contributed by atoms with Gasteiger partial charge in [-0.2, -0.15) is 18.2 Å². The van der Waals surface area contributed by atoms with Crippen LogP contribution >= 0.6 is 0 Å². The summed E-state index contributed by atoms with van der Waals surface area (Å²) in [6.45, 7) is 0.485. The number of hydrogen-bond donors (Lipinski definition) is 1. The predicted octanol–water partition coefficient (Wildman–Crippen LogP) is 4.12. The van der Waals surface area contributed by atoms with Crippen LogP contribution in [0.5, 0.6) is 0 Å². The minimum Gasteiger partial charge on any atom is -0.352 e. The number of rotatable bonds is 6. The first-order valence-corrected chi connectivity index (χ1v) is 8.27. The van der Waals surface area contributed by atoms with Crippen molar-refractivity contribution < 1.29 is 22.5 Å². The number of benzene rings is 2. The first-order chi connectivity index (χ1) is 12.9. The SMILES string of the molecule is O=C(NCCCc1ccccc1)c1cccc(-c2noc(C(F)(F)F)n2)c1. The maximum atomic E-state index is 12.6. The summed E-state index contributed by atoms with van der Waals surface area (Å²) in [5.41, 5.74) is 1.77. The largest absolute Gasteiger partial charge is 0.471 e. The number of carbonyl (C=O) groups is 1. The van der Waals surface area contributed by atoms with Crippen LogP contribution in [0.3, 0.4) is 0 Å². The van der Waals surface area contributed by atoms with E-state index in [1.165, 1.54) is 17.7 Å². The molecule has 3 aromatic rings. The topological polar surface area (TPSA) is 68.0 Å². The molecule has 140 valence electrons. The molecule has 1 aromatic heterocycles. The fraction of sp³-hybridized carbons (Fsp3) is 0.211. The zero-order valence-electron chi connectivity index (χ0n) is 14.2. The number of halogens is 3. The lowest BCUT2D eigenvalue weighted by Gasteiger charge is -2.06. The number of nitrogens with zero attached hydrogens (tertiary/aromatic N) is 2. The summed E-state index contributed by atoms with van der Waals surface area (Å²) in [7, 11) is 0. The van der Waals surface area contributed by atoms with Crippen molar-refractivity contribution in [2.75, 3.05) is 6.54 Å². The molecule has 27 heavy (non-hydrogen) atoms. The zero-order valence-corrected chi connectivity index (χ0v) is 14.2. The highest BCUT2D eigenvalue weighted by Crippen LogP contribution is 2.29. The maximum absolute atomic E-state index is 12.6. The van der Waals surface area contributed by atoms with Crippen LogP contribution in [0.2, 0.25) is 0 Å². The number of carbonyl (C=O) groups excluding carboxylic acids is 1. The molecule has 0 spiro atoms. The zero-order chi connectivity index (χ0) is 19.3. The first-order valence-electron chi connectivity index (χ1n) is 8.27. The molecule has 0 atom stereocenters. The molecule has 1 N–H and O–H groups in total. The minimum absolute atomic E-state index is 0.221. The summed E-state index contributed by atoms with van der Waals surface area (Å²) in [6, 6.07) is 16.0. The van der Waals surface area contributed by atoms with Gasteiger partial charge in [-0.25, -0.2) is 0 Å². The summed E-state index contributed by atoms with van der Waals surface area (Å²) < 4.78 is 41.9. The van der Waals surface area contributed by atoms with Crippen molar-refractivity contribution in [2.45, 2.75) is 19.0 Å². The van der Waals surface area contributed by atoms with Gasteiger partial charge in [0, 0.05) is 17.7 Å². The number of hydrogen-bond acceptors (Lipinski definition) is 4. The molecule has 0 aliphatic heterocycles. The predicted molar refractivity (Wildman–Crippen MR) is 91.8 cm³/mol. The number of amides is 1. The third kappa shape index (κ3) is 4.93. The minimum atomic E-state index is -4.71. The molecule has 0 aliphatic rings. The summed E-state index contributed by atoms with van der Waals surface area (Å²) >= 11 is 0. The lowest BCUT2D eigenvalue weighted by atomic mass is 10.1. The van der Waals surface area contributed by atoms with Gasteiger partial charge in [-0.1, -0.05) is 47.6 Å². The molecule has 0 radical (unpaired) electrons. The third-order valence-electron chi connectivity index (χ3n) is 3.82. The summed E-state index contributed by atoms with van der Waals surface area (Å²) in [4.78, 5) is 15.6. The van der Waals surface area contributed by atoms with Crippen molar-refractivity contribution in [1.29, 1.82) is 0 Å². The maximum Gasteiger partial charge on any atom is 0.471 e. The van der Waals surface area contributed by atoms with Crippen LogP contribution in [0.15, 0.2) is 59.1 Å². The number of alkyl halides is 3. The fourth-order valence-corrected chi connectivity index (χ4v) is 2.50. The lowest BCUT2D eigenvalue weighted by molar-refractivity contribution is -0.159.